The molecule has 2 aromatic heterocycles. The molecule has 0 fully saturated rings. The molecule has 2 rings (SSSR count). The Morgan fingerprint density at radius 2 is 2.12 bits per heavy atom. The predicted octanol–water partition coefficient (Wildman–Crippen LogP) is 4.22. The smallest absolute Gasteiger partial charge is 0.0656 e. The number of nitrogens with two attached hydrogens (primary N) is 1. The minimum Gasteiger partial charge on any atom is -0.324 e. The first kappa shape index (κ1) is 12.5. The molecule has 0 bridgehead atoms. The second kappa shape index (κ2) is 5.62. The summed E-state index contributed by atoms with van der Waals surface area (Å²) in [6, 6.07) is 6.75. The molecule has 0 saturated heterocycles. The minimum atomic E-state index is 0.142. The van der Waals surface area contributed by atoms with Crippen molar-refractivity contribution in [2.45, 2.75) is 25.8 Å². The highest BCUT2D eigenvalue weighted by Crippen LogP contribution is 2.26. The van der Waals surface area contributed by atoms with Gasteiger partial charge in [0.05, 0.1) is 2.88 Å². The summed E-state index contributed by atoms with van der Waals surface area (Å²) in [6.07, 6.45) is 2.08. The lowest BCUT2D eigenvalue weighted by Gasteiger charge is -2.07. The molecule has 1 unspecified atom stereocenters. The van der Waals surface area contributed by atoms with Gasteiger partial charge in [-0.05, 0) is 58.2 Å². The zero-order chi connectivity index (χ0) is 11.5. The lowest BCUT2D eigenvalue weighted by atomic mass is 10.1. The van der Waals surface area contributed by atoms with Gasteiger partial charge in [0.15, 0.2) is 0 Å². The van der Waals surface area contributed by atoms with Gasteiger partial charge >= 0.3 is 0 Å². The van der Waals surface area contributed by atoms with Crippen LogP contribution in [-0.2, 0) is 12.8 Å². The van der Waals surface area contributed by atoms with Crippen LogP contribution in [0.2, 0.25) is 0 Å². The Labute approximate surface area is 118 Å². The fourth-order valence-electron chi connectivity index (χ4n) is 1.57. The van der Waals surface area contributed by atoms with Crippen molar-refractivity contribution in [3.63, 3.8) is 0 Å². The second-order valence-electron chi connectivity index (χ2n) is 3.72. The Bertz CT molecular complexity index is 461. The number of hydrogen-bond acceptors (Lipinski definition) is 3. The predicted molar refractivity (Wildman–Crippen MR) is 81.4 cm³/mol. The third-order valence-corrected chi connectivity index (χ3v) is 5.56. The Morgan fingerprint density at radius 3 is 2.69 bits per heavy atom. The van der Waals surface area contributed by atoms with E-state index in [4.69, 9.17) is 5.73 Å². The quantitative estimate of drug-likeness (QED) is 0.809. The van der Waals surface area contributed by atoms with Crippen molar-refractivity contribution in [1.29, 1.82) is 0 Å². The average molecular weight is 363 g/mol. The zero-order valence-electron chi connectivity index (χ0n) is 9.07. The van der Waals surface area contributed by atoms with Crippen LogP contribution in [0.5, 0.6) is 0 Å². The van der Waals surface area contributed by atoms with E-state index in [0.717, 1.165) is 12.8 Å². The van der Waals surface area contributed by atoms with Gasteiger partial charge in [-0.15, -0.1) is 22.7 Å². The molecule has 1 nitrogen and oxygen atoms in total. The molecule has 1 atom stereocenters. The maximum atomic E-state index is 6.20. The Morgan fingerprint density at radius 1 is 1.38 bits per heavy atom. The standard InChI is InChI=1S/C12H14INS2/c1-2-9-3-4-10(16-9)6-11(14)8-5-12(13)15-7-8/h3-5,7,11H,2,6,14H2,1H3. The van der Waals surface area contributed by atoms with Gasteiger partial charge in [-0.2, -0.15) is 0 Å². The van der Waals surface area contributed by atoms with Gasteiger partial charge in [-0.1, -0.05) is 6.92 Å². The third kappa shape index (κ3) is 3.06. The Hall–Kier alpha value is 0.0900. The maximum absolute atomic E-state index is 6.20. The van der Waals surface area contributed by atoms with E-state index in [1.165, 1.54) is 18.2 Å². The number of aryl methyl sites for hydroxylation is 1. The summed E-state index contributed by atoms with van der Waals surface area (Å²) in [4.78, 5) is 2.84. The summed E-state index contributed by atoms with van der Waals surface area (Å²) < 4.78 is 1.31. The van der Waals surface area contributed by atoms with Gasteiger partial charge in [0.1, 0.15) is 0 Å². The van der Waals surface area contributed by atoms with Crippen molar-refractivity contribution in [2.24, 2.45) is 5.73 Å². The van der Waals surface area contributed by atoms with E-state index >= 15 is 0 Å². The molecule has 0 saturated carbocycles. The van der Waals surface area contributed by atoms with Gasteiger partial charge < -0.3 is 5.73 Å². The largest absolute Gasteiger partial charge is 0.324 e. The summed E-state index contributed by atoms with van der Waals surface area (Å²) in [7, 11) is 0. The zero-order valence-corrected chi connectivity index (χ0v) is 12.9. The van der Waals surface area contributed by atoms with Crippen molar-refractivity contribution >= 4 is 45.3 Å². The molecule has 4 heteroatoms. The monoisotopic (exact) mass is 363 g/mol. The van der Waals surface area contributed by atoms with E-state index in [1.54, 1.807) is 11.3 Å². The van der Waals surface area contributed by atoms with E-state index in [1.807, 2.05) is 11.3 Å². The van der Waals surface area contributed by atoms with Crippen LogP contribution in [0.15, 0.2) is 23.6 Å². The molecule has 2 N–H and O–H groups in total. The molecule has 0 amide bonds. The molecular formula is C12H14INS2. The van der Waals surface area contributed by atoms with E-state index in [9.17, 15) is 0 Å². The highest BCUT2D eigenvalue weighted by molar-refractivity contribution is 14.1. The summed E-state index contributed by atoms with van der Waals surface area (Å²) in [6.45, 7) is 2.19. The van der Waals surface area contributed by atoms with Crippen LogP contribution in [-0.4, -0.2) is 0 Å². The first-order valence-corrected chi connectivity index (χ1v) is 8.03. The van der Waals surface area contributed by atoms with Crippen LogP contribution in [0, 0.1) is 2.88 Å². The van der Waals surface area contributed by atoms with Crippen LogP contribution >= 0.6 is 45.3 Å². The average Bonchev–Trinajstić information content (AvgIpc) is 2.87. The molecule has 0 aliphatic carbocycles. The lowest BCUT2D eigenvalue weighted by Crippen LogP contribution is -2.11. The third-order valence-electron chi connectivity index (χ3n) is 2.50. The summed E-state index contributed by atoms with van der Waals surface area (Å²) in [5, 5.41) is 2.17. The summed E-state index contributed by atoms with van der Waals surface area (Å²) in [5.41, 5.74) is 7.47. The molecule has 2 heterocycles. The number of hydrogen-bond donors (Lipinski definition) is 1. The van der Waals surface area contributed by atoms with Crippen molar-refractivity contribution < 1.29 is 0 Å². The molecule has 0 aromatic carbocycles. The Kier molecular flexibility index (Phi) is 4.41. The number of thiophene rings is 2. The van der Waals surface area contributed by atoms with Crippen LogP contribution < -0.4 is 5.73 Å². The van der Waals surface area contributed by atoms with Crippen molar-refractivity contribution in [3.05, 3.63) is 41.8 Å². The van der Waals surface area contributed by atoms with Crippen molar-refractivity contribution in [2.75, 3.05) is 0 Å². The van der Waals surface area contributed by atoms with Crippen LogP contribution in [0.4, 0.5) is 0 Å². The number of halogens is 1. The van der Waals surface area contributed by atoms with E-state index in [2.05, 4.69) is 53.1 Å². The van der Waals surface area contributed by atoms with Gasteiger partial charge in [0.25, 0.3) is 0 Å². The molecule has 16 heavy (non-hydrogen) atoms. The van der Waals surface area contributed by atoms with Gasteiger partial charge in [0.2, 0.25) is 0 Å². The van der Waals surface area contributed by atoms with Crippen molar-refractivity contribution in [1.82, 2.24) is 0 Å². The highest BCUT2D eigenvalue weighted by Gasteiger charge is 2.10. The highest BCUT2D eigenvalue weighted by atomic mass is 127. The fourth-order valence-corrected chi connectivity index (χ4v) is 4.03. The first-order chi connectivity index (χ1) is 7.69. The van der Waals surface area contributed by atoms with Gasteiger partial charge in [-0.25, -0.2) is 0 Å². The van der Waals surface area contributed by atoms with Gasteiger partial charge in [0, 0.05) is 22.2 Å². The number of rotatable bonds is 4. The van der Waals surface area contributed by atoms with Crippen LogP contribution in [0.25, 0.3) is 0 Å². The first-order valence-electron chi connectivity index (χ1n) is 5.26. The van der Waals surface area contributed by atoms with E-state index in [-0.39, 0.29) is 6.04 Å². The summed E-state index contributed by atoms with van der Waals surface area (Å²) >= 11 is 5.99. The van der Waals surface area contributed by atoms with E-state index in [0.29, 0.717) is 0 Å². The molecule has 86 valence electrons. The normalized spacial score (nSPS) is 12.9. The molecule has 0 radical (unpaired) electrons. The minimum absolute atomic E-state index is 0.142. The molecule has 0 spiro atoms. The summed E-state index contributed by atoms with van der Waals surface area (Å²) in [5.74, 6) is 0. The van der Waals surface area contributed by atoms with E-state index < -0.39 is 0 Å². The molecular weight excluding hydrogens is 349 g/mol. The van der Waals surface area contributed by atoms with Crippen LogP contribution in [0.1, 0.15) is 28.3 Å². The topological polar surface area (TPSA) is 26.0 Å². The fraction of sp³-hybridized carbons (Fsp3) is 0.333. The lowest BCUT2D eigenvalue weighted by molar-refractivity contribution is 0.733. The Balaban J connectivity index is 2.04. The maximum Gasteiger partial charge on any atom is 0.0656 e. The molecule has 0 aliphatic rings. The van der Waals surface area contributed by atoms with Gasteiger partial charge in [-0.3, -0.25) is 0 Å². The SMILES string of the molecule is CCc1ccc(CC(N)c2csc(I)c2)s1. The van der Waals surface area contributed by atoms with Crippen LogP contribution in [0.3, 0.4) is 0 Å². The molecule has 2 aromatic rings. The second-order valence-corrected chi connectivity index (χ2v) is 7.77. The van der Waals surface area contributed by atoms with Crippen molar-refractivity contribution in [3.8, 4) is 0 Å². The molecule has 0 aliphatic heterocycles.